The average Bonchev–Trinajstić information content (AvgIpc) is 2.27. The molecule has 0 N–H and O–H groups in total. The predicted octanol–water partition coefficient (Wildman–Crippen LogP) is 2.47. The van der Waals surface area contributed by atoms with Crippen molar-refractivity contribution >= 4 is 5.78 Å². The Morgan fingerprint density at radius 1 is 1.53 bits per heavy atom. The predicted molar refractivity (Wildman–Crippen MR) is 58.9 cm³/mol. The lowest BCUT2D eigenvalue weighted by Gasteiger charge is -2.22. The zero-order valence-electron chi connectivity index (χ0n) is 9.49. The Hall–Kier alpha value is -1.22. The second kappa shape index (κ2) is 5.03. The fourth-order valence-electron chi connectivity index (χ4n) is 1.19. The fourth-order valence-corrected chi connectivity index (χ4v) is 1.19. The summed E-state index contributed by atoms with van der Waals surface area (Å²) in [6.45, 7) is 3.95. The van der Waals surface area contributed by atoms with E-state index in [1.807, 2.05) is 13.8 Å². The molecule has 1 aromatic rings. The van der Waals surface area contributed by atoms with Crippen molar-refractivity contribution in [2.75, 3.05) is 7.11 Å². The lowest BCUT2D eigenvalue weighted by atomic mass is 9.98. The molecule has 1 aromatic heterocycles. The van der Waals surface area contributed by atoms with E-state index < -0.39 is 0 Å². The first-order valence-corrected chi connectivity index (χ1v) is 5.03. The molecule has 0 saturated heterocycles. The number of pyridine rings is 1. The molecule has 82 valence electrons. The number of nitrogens with zero attached hydrogens (tertiary/aromatic N) is 1. The van der Waals surface area contributed by atoms with Crippen LogP contribution < -0.4 is 0 Å². The molecule has 15 heavy (non-hydrogen) atoms. The zero-order chi connectivity index (χ0) is 11.3. The van der Waals surface area contributed by atoms with Gasteiger partial charge in [-0.05, 0) is 32.4 Å². The minimum absolute atomic E-state index is 0.119. The summed E-state index contributed by atoms with van der Waals surface area (Å²) in [4.78, 5) is 15.6. The Bertz CT molecular complexity index is 320. The molecular weight excluding hydrogens is 190 g/mol. The van der Waals surface area contributed by atoms with Gasteiger partial charge < -0.3 is 4.74 Å². The molecule has 1 rings (SSSR count). The Morgan fingerprint density at radius 2 is 2.27 bits per heavy atom. The molecule has 3 heteroatoms. The van der Waals surface area contributed by atoms with Crippen LogP contribution in [0.2, 0.25) is 0 Å². The maximum absolute atomic E-state index is 11.7. The molecule has 0 aliphatic carbocycles. The standard InChI is InChI=1S/C12H17NO2/c1-12(2,15-3)7-6-11(14)10-5-4-8-13-9-10/h4-5,8-9H,6-7H2,1-3H3. The number of aromatic nitrogens is 1. The van der Waals surface area contributed by atoms with Crippen molar-refractivity contribution in [3.63, 3.8) is 0 Å². The normalized spacial score (nSPS) is 11.4. The van der Waals surface area contributed by atoms with Crippen LogP contribution >= 0.6 is 0 Å². The lowest BCUT2D eigenvalue weighted by molar-refractivity contribution is 0.0141. The number of carbonyl (C=O) groups excluding carboxylic acids is 1. The van der Waals surface area contributed by atoms with Gasteiger partial charge >= 0.3 is 0 Å². The molecule has 3 nitrogen and oxygen atoms in total. The van der Waals surface area contributed by atoms with Gasteiger partial charge in [-0.25, -0.2) is 0 Å². The third-order valence-electron chi connectivity index (χ3n) is 2.49. The SMILES string of the molecule is COC(C)(C)CCC(=O)c1cccnc1. The van der Waals surface area contributed by atoms with Crippen molar-refractivity contribution in [3.8, 4) is 0 Å². The smallest absolute Gasteiger partial charge is 0.164 e. The molecule has 0 unspecified atom stereocenters. The first-order valence-electron chi connectivity index (χ1n) is 5.03. The summed E-state index contributed by atoms with van der Waals surface area (Å²) >= 11 is 0. The minimum atomic E-state index is -0.238. The van der Waals surface area contributed by atoms with E-state index in [1.54, 1.807) is 31.6 Å². The second-order valence-corrected chi connectivity index (χ2v) is 4.13. The van der Waals surface area contributed by atoms with Gasteiger partial charge in [-0.15, -0.1) is 0 Å². The van der Waals surface area contributed by atoms with Crippen LogP contribution in [0.1, 0.15) is 37.0 Å². The number of hydrogen-bond acceptors (Lipinski definition) is 3. The Balaban J connectivity index is 2.51. The number of carbonyl (C=O) groups is 1. The first-order chi connectivity index (χ1) is 7.05. The summed E-state index contributed by atoms with van der Waals surface area (Å²) in [6, 6.07) is 3.56. The van der Waals surface area contributed by atoms with E-state index in [4.69, 9.17) is 4.74 Å². The van der Waals surface area contributed by atoms with Crippen molar-refractivity contribution in [2.45, 2.75) is 32.3 Å². The van der Waals surface area contributed by atoms with Crippen LogP contribution in [0.5, 0.6) is 0 Å². The molecule has 0 aromatic carbocycles. The van der Waals surface area contributed by atoms with Crippen molar-refractivity contribution in [1.82, 2.24) is 4.98 Å². The largest absolute Gasteiger partial charge is 0.379 e. The van der Waals surface area contributed by atoms with Crippen molar-refractivity contribution in [3.05, 3.63) is 30.1 Å². The summed E-state index contributed by atoms with van der Waals surface area (Å²) in [5.74, 6) is 0.119. The zero-order valence-corrected chi connectivity index (χ0v) is 9.49. The quantitative estimate of drug-likeness (QED) is 0.696. The van der Waals surface area contributed by atoms with E-state index in [0.717, 1.165) is 6.42 Å². The van der Waals surface area contributed by atoms with Crippen LogP contribution in [0.3, 0.4) is 0 Å². The third kappa shape index (κ3) is 3.80. The second-order valence-electron chi connectivity index (χ2n) is 4.13. The number of rotatable bonds is 5. The van der Waals surface area contributed by atoms with Crippen LogP contribution in [0, 0.1) is 0 Å². The topological polar surface area (TPSA) is 39.2 Å². The lowest BCUT2D eigenvalue weighted by Crippen LogP contribution is -2.23. The van der Waals surface area contributed by atoms with Crippen LogP contribution in [0.15, 0.2) is 24.5 Å². The number of ether oxygens (including phenoxy) is 1. The number of hydrogen-bond donors (Lipinski definition) is 0. The monoisotopic (exact) mass is 207 g/mol. The Kier molecular flexibility index (Phi) is 3.97. The maximum Gasteiger partial charge on any atom is 0.164 e. The molecule has 1 heterocycles. The molecule has 0 saturated carbocycles. The van der Waals surface area contributed by atoms with Crippen LogP contribution in [0.25, 0.3) is 0 Å². The number of methoxy groups -OCH3 is 1. The highest BCUT2D eigenvalue weighted by Crippen LogP contribution is 2.17. The molecular formula is C12H17NO2. The van der Waals surface area contributed by atoms with Gasteiger partial charge in [-0.3, -0.25) is 9.78 Å². The molecule has 0 bridgehead atoms. The van der Waals surface area contributed by atoms with E-state index >= 15 is 0 Å². The van der Waals surface area contributed by atoms with Gasteiger partial charge in [0.2, 0.25) is 0 Å². The first kappa shape index (κ1) is 11.9. The average molecular weight is 207 g/mol. The Labute approximate surface area is 90.5 Å². The summed E-state index contributed by atoms with van der Waals surface area (Å²) in [7, 11) is 1.66. The van der Waals surface area contributed by atoms with E-state index in [9.17, 15) is 4.79 Å². The van der Waals surface area contributed by atoms with Gasteiger partial charge in [0.25, 0.3) is 0 Å². The van der Waals surface area contributed by atoms with E-state index in [0.29, 0.717) is 12.0 Å². The van der Waals surface area contributed by atoms with Gasteiger partial charge in [0.15, 0.2) is 5.78 Å². The van der Waals surface area contributed by atoms with Crippen LogP contribution in [-0.2, 0) is 4.74 Å². The van der Waals surface area contributed by atoms with E-state index in [2.05, 4.69) is 4.98 Å². The van der Waals surface area contributed by atoms with Crippen LogP contribution in [0.4, 0.5) is 0 Å². The highest BCUT2D eigenvalue weighted by Gasteiger charge is 2.18. The molecule has 0 amide bonds. The highest BCUT2D eigenvalue weighted by molar-refractivity contribution is 5.95. The molecule has 0 radical (unpaired) electrons. The highest BCUT2D eigenvalue weighted by atomic mass is 16.5. The molecule has 0 aliphatic heterocycles. The summed E-state index contributed by atoms with van der Waals surface area (Å²) in [6.07, 6.45) is 4.47. The summed E-state index contributed by atoms with van der Waals surface area (Å²) in [5.41, 5.74) is 0.433. The minimum Gasteiger partial charge on any atom is -0.379 e. The van der Waals surface area contributed by atoms with E-state index in [1.165, 1.54) is 0 Å². The fraction of sp³-hybridized carbons (Fsp3) is 0.500. The van der Waals surface area contributed by atoms with Crippen molar-refractivity contribution in [2.24, 2.45) is 0 Å². The molecule has 0 atom stereocenters. The van der Waals surface area contributed by atoms with Gasteiger partial charge in [-0.2, -0.15) is 0 Å². The van der Waals surface area contributed by atoms with Gasteiger partial charge in [0, 0.05) is 31.5 Å². The number of Topliss-reactive ketones (excluding diaryl/α,β-unsaturated/α-hetero) is 1. The molecule has 0 fully saturated rings. The van der Waals surface area contributed by atoms with Crippen molar-refractivity contribution < 1.29 is 9.53 Å². The number of ketones is 1. The maximum atomic E-state index is 11.7. The summed E-state index contributed by atoms with van der Waals surface area (Å²) in [5, 5.41) is 0. The van der Waals surface area contributed by atoms with E-state index in [-0.39, 0.29) is 11.4 Å². The van der Waals surface area contributed by atoms with Gasteiger partial charge in [0.1, 0.15) is 0 Å². The van der Waals surface area contributed by atoms with Gasteiger partial charge in [0.05, 0.1) is 5.60 Å². The van der Waals surface area contributed by atoms with Crippen LogP contribution in [-0.4, -0.2) is 23.5 Å². The third-order valence-corrected chi connectivity index (χ3v) is 2.49. The summed E-state index contributed by atoms with van der Waals surface area (Å²) < 4.78 is 5.26. The van der Waals surface area contributed by atoms with Crippen molar-refractivity contribution in [1.29, 1.82) is 0 Å². The Morgan fingerprint density at radius 3 is 2.80 bits per heavy atom. The van der Waals surface area contributed by atoms with Gasteiger partial charge in [-0.1, -0.05) is 0 Å². The molecule has 0 aliphatic rings. The molecule has 0 spiro atoms.